The van der Waals surface area contributed by atoms with Gasteiger partial charge < -0.3 is 0 Å². The molecule has 22 aromatic carbocycles. The number of benzene rings is 22. The van der Waals surface area contributed by atoms with Gasteiger partial charge >= 0.3 is 0 Å². The minimum absolute atomic E-state index is 0.929. The highest BCUT2D eigenvalue weighted by Crippen LogP contribution is 2.49. The van der Waals surface area contributed by atoms with Gasteiger partial charge in [-0.05, 0) is 189 Å². The Labute approximate surface area is 784 Å². The van der Waals surface area contributed by atoms with Crippen LogP contribution in [0.2, 0.25) is 0 Å². The van der Waals surface area contributed by atoms with Gasteiger partial charge in [0.25, 0.3) is 0 Å². The number of rotatable bonds is 10. The van der Waals surface area contributed by atoms with E-state index in [0.29, 0.717) is 0 Å². The lowest BCUT2D eigenvalue weighted by Crippen LogP contribution is -1.98. The Kier molecular flexibility index (Phi) is 19.2. The number of nitrogens with zero attached hydrogens (tertiary/aromatic N) is 7. The number of para-hydroxylation sites is 6. The summed E-state index contributed by atoms with van der Waals surface area (Å²) in [4.78, 5) is 31.0. The van der Waals surface area contributed by atoms with E-state index in [9.17, 15) is 0 Å². The van der Waals surface area contributed by atoms with Crippen LogP contribution in [0.3, 0.4) is 0 Å². The predicted octanol–water partition coefficient (Wildman–Crippen LogP) is 34.6. The predicted molar refractivity (Wildman–Crippen MR) is 573 cm³/mol. The average molecular weight is 1750 g/mol. The molecule has 0 fully saturated rings. The lowest BCUT2D eigenvalue weighted by atomic mass is 9.89. The van der Waals surface area contributed by atoms with Gasteiger partial charge in [-0.15, -0.1) is 22.7 Å². The van der Waals surface area contributed by atoms with Crippen molar-refractivity contribution in [2.75, 3.05) is 0 Å². The van der Waals surface area contributed by atoms with E-state index in [0.717, 1.165) is 127 Å². The van der Waals surface area contributed by atoms with E-state index in [1.807, 2.05) is 24.3 Å². The normalized spacial score (nSPS) is 11.7. The first kappa shape index (κ1) is 78.7. The van der Waals surface area contributed by atoms with Crippen molar-refractivity contribution in [3.05, 3.63) is 467 Å². The van der Waals surface area contributed by atoms with Gasteiger partial charge in [-0.2, -0.15) is 0 Å². The van der Waals surface area contributed by atoms with Crippen molar-refractivity contribution in [3.63, 3.8) is 0 Å². The molecule has 0 unspecified atom stereocenters. The third-order valence-electron chi connectivity index (χ3n) is 26.6. The van der Waals surface area contributed by atoms with Crippen molar-refractivity contribution in [1.29, 1.82) is 0 Å². The lowest BCUT2D eigenvalue weighted by molar-refractivity contribution is 1.10. The highest BCUT2D eigenvalue weighted by Gasteiger charge is 2.25. The maximum Gasteiger partial charge on any atom is 0.145 e. The molecule has 0 aliphatic heterocycles. The highest BCUT2D eigenvalue weighted by molar-refractivity contribution is 7.22. The van der Waals surface area contributed by atoms with Crippen LogP contribution in [0.25, 0.3) is 266 Å². The van der Waals surface area contributed by atoms with Crippen molar-refractivity contribution in [2.45, 2.75) is 0 Å². The van der Waals surface area contributed by atoms with Gasteiger partial charge in [0.2, 0.25) is 0 Å². The van der Waals surface area contributed by atoms with Crippen molar-refractivity contribution in [1.82, 2.24) is 34.5 Å². The summed E-state index contributed by atoms with van der Waals surface area (Å²) in [6.07, 6.45) is 0. The summed E-state index contributed by atoms with van der Waals surface area (Å²) in [6.45, 7) is 0. The molecule has 6 heterocycles. The first-order valence-corrected chi connectivity index (χ1v) is 47.3. The molecule has 0 aliphatic carbocycles. The van der Waals surface area contributed by atoms with Gasteiger partial charge in [0.05, 0.1) is 65.1 Å². The molecule has 9 heteroatoms. The van der Waals surface area contributed by atoms with Crippen LogP contribution in [0.15, 0.2) is 467 Å². The molecule has 0 spiro atoms. The second-order valence-corrected chi connectivity index (χ2v) is 36.6. The van der Waals surface area contributed by atoms with Crippen LogP contribution in [0.4, 0.5) is 0 Å². The zero-order chi connectivity index (χ0) is 89.0. The second-order valence-electron chi connectivity index (χ2n) is 34.5. The zero-order valence-corrected chi connectivity index (χ0v) is 74.5. The summed E-state index contributed by atoms with van der Waals surface area (Å²) < 4.78 is 4.67. The van der Waals surface area contributed by atoms with Gasteiger partial charge in [-0.1, -0.05) is 376 Å². The topological polar surface area (TPSA) is 82.3 Å². The van der Waals surface area contributed by atoms with Crippen molar-refractivity contribution >= 4 is 184 Å². The largest absolute Gasteiger partial charge is 0.292 e. The molecule has 6 aromatic heterocycles. The molecule has 0 saturated carbocycles. The number of aromatic nitrogens is 7. The standard InChI is InChI=1S/C46H29N3.2C40H24N2S/c1-2-14-30(15-3-1)46-48-41-26-10-11-27-42(41)49(46)34-19-13-17-32(29-34)31-16-12-18-33(28-31)45-44-38-23-7-5-21-36(38)35-20-4-6-22-37(35)43(44)39-24-8-9-25-40(39)47-45;1-3-17-31-29(15-1)30-16-2-4-18-32(30)38-37(31)33-19-5-6-20-34(33)41-39(38)27-13-9-11-25(23-27)26-12-10-14-28(24-26)40-42-35-21-7-8-22-36(35)43-40;1-2-11-25(12-3-1)40-42-35-22-21-27(24-36(35)43-40)26-13-10-14-28(23-26)39-38-32-18-7-5-16-30(32)29-15-4-6-17-31(29)37(38)33-19-8-9-20-34(33)41-39/h1-29H;2*1-24H. The summed E-state index contributed by atoms with van der Waals surface area (Å²) >= 11 is 3.48. The number of fused-ring (bicyclic) bond motifs is 27. The van der Waals surface area contributed by atoms with E-state index >= 15 is 0 Å². The van der Waals surface area contributed by atoms with Gasteiger partial charge in [0.15, 0.2) is 0 Å². The monoisotopic (exact) mass is 1750 g/mol. The Balaban J connectivity index is 0.000000106. The minimum atomic E-state index is 0.929. The Morgan fingerprint density at radius 3 is 0.874 bits per heavy atom. The van der Waals surface area contributed by atoms with Crippen LogP contribution in [-0.4, -0.2) is 34.5 Å². The van der Waals surface area contributed by atoms with Crippen LogP contribution in [-0.2, 0) is 0 Å². The van der Waals surface area contributed by atoms with Crippen LogP contribution < -0.4 is 0 Å². The van der Waals surface area contributed by atoms with E-state index in [2.05, 4.69) is 447 Å². The SMILES string of the molecule is c1cc(-c2cccc(-c3nc4ccccc4c4c5ccccc5c5ccccc5c34)c2)cc(-c2nc3ccccc3s2)c1.c1ccc(-c2nc3ccc(-c4cccc(-c5nc6ccccc6c6c7ccccc7c7ccccc7c56)c4)cc3s2)cc1.c1ccc(-c2nc3ccccc3n2-c2cccc(-c3cccc(-c4nc5ccccc5c5c6ccccc6c6ccccc6c45)c3)c2)cc1. The summed E-state index contributed by atoms with van der Waals surface area (Å²) in [5.74, 6) is 0.929. The molecule has 0 aliphatic rings. The molecule has 0 N–H and O–H groups in total. The maximum absolute atomic E-state index is 5.39. The molecule has 135 heavy (non-hydrogen) atoms. The van der Waals surface area contributed by atoms with E-state index < -0.39 is 0 Å². The number of imidazole rings is 1. The van der Waals surface area contributed by atoms with E-state index in [1.54, 1.807) is 22.7 Å². The number of pyridine rings is 3. The Hall–Kier alpha value is -17.3. The van der Waals surface area contributed by atoms with E-state index in [4.69, 9.17) is 29.9 Å². The molecule has 28 rings (SSSR count). The third kappa shape index (κ3) is 13.7. The minimum Gasteiger partial charge on any atom is -0.292 e. The zero-order valence-electron chi connectivity index (χ0n) is 72.9. The summed E-state index contributed by atoms with van der Waals surface area (Å²) in [5.41, 5.74) is 24.9. The molecule has 7 nitrogen and oxygen atoms in total. The summed E-state index contributed by atoms with van der Waals surface area (Å²) in [7, 11) is 0. The number of thiazole rings is 2. The average Bonchev–Trinajstić information content (AvgIpc) is 1.49. The lowest BCUT2D eigenvalue weighted by Gasteiger charge is -2.17. The molecule has 0 bridgehead atoms. The molecule has 0 saturated heterocycles. The Bertz CT molecular complexity index is 9640. The van der Waals surface area contributed by atoms with E-state index in [-0.39, 0.29) is 0 Å². The van der Waals surface area contributed by atoms with Gasteiger partial charge in [-0.25, -0.2) is 29.9 Å². The van der Waals surface area contributed by atoms with Gasteiger partial charge in [0.1, 0.15) is 15.8 Å². The third-order valence-corrected chi connectivity index (χ3v) is 28.8. The first-order chi connectivity index (χ1) is 66.9. The van der Waals surface area contributed by atoms with Crippen molar-refractivity contribution in [2.24, 2.45) is 0 Å². The molecule has 0 amide bonds. The molecule has 628 valence electrons. The summed E-state index contributed by atoms with van der Waals surface area (Å²) in [6, 6.07) is 166. The van der Waals surface area contributed by atoms with Crippen LogP contribution in [0.5, 0.6) is 0 Å². The van der Waals surface area contributed by atoms with Crippen molar-refractivity contribution in [3.8, 4) is 105 Å². The van der Waals surface area contributed by atoms with Crippen LogP contribution >= 0.6 is 22.7 Å². The molecule has 28 aromatic rings. The molecular formula is C126H77N7S2. The Morgan fingerprint density at radius 1 is 0.156 bits per heavy atom. The van der Waals surface area contributed by atoms with Crippen molar-refractivity contribution < 1.29 is 0 Å². The van der Waals surface area contributed by atoms with Crippen LogP contribution in [0, 0.1) is 0 Å². The molecular weight excluding hydrogens is 1680 g/mol. The fourth-order valence-corrected chi connectivity index (χ4v) is 22.5. The van der Waals surface area contributed by atoms with Gasteiger partial charge in [0, 0.05) is 87.5 Å². The molecule has 0 radical (unpaired) electrons. The fraction of sp³-hybridized carbons (Fsp3) is 0. The van der Waals surface area contributed by atoms with Gasteiger partial charge in [-0.3, -0.25) is 4.57 Å². The first-order valence-electron chi connectivity index (χ1n) is 45.7. The second kappa shape index (κ2) is 32.9. The quantitative estimate of drug-likeness (QED) is 0.127. The number of hydrogen-bond donors (Lipinski definition) is 0. The smallest absolute Gasteiger partial charge is 0.145 e. The molecule has 0 atom stereocenters. The number of hydrogen-bond acceptors (Lipinski definition) is 8. The summed E-state index contributed by atoms with van der Waals surface area (Å²) in [5, 5.41) is 28.0. The van der Waals surface area contributed by atoms with E-state index in [1.165, 1.54) is 139 Å². The Morgan fingerprint density at radius 2 is 0.444 bits per heavy atom. The fourth-order valence-electron chi connectivity index (χ4n) is 20.6. The van der Waals surface area contributed by atoms with Crippen LogP contribution in [0.1, 0.15) is 0 Å². The highest BCUT2D eigenvalue weighted by atomic mass is 32.1. The maximum atomic E-state index is 5.39.